The fourth-order valence-corrected chi connectivity index (χ4v) is 0.418. The maximum absolute atomic E-state index is 11.5. The zero-order valence-corrected chi connectivity index (χ0v) is 7.50. The Kier molecular flexibility index (Phi) is 7.84. The number of nitrogens with zero attached hydrogens (tertiary/aromatic N) is 1. The second-order valence-corrected chi connectivity index (χ2v) is 1.95. The summed E-state index contributed by atoms with van der Waals surface area (Å²) in [5, 5.41) is 0. The van der Waals surface area contributed by atoms with E-state index in [2.05, 4.69) is 0 Å². The average Bonchev–Trinajstić information content (AvgIpc) is 1.89. The van der Waals surface area contributed by atoms with Crippen LogP contribution in [0.4, 0.5) is 13.2 Å². The lowest BCUT2D eigenvalue weighted by molar-refractivity contribution is -0.142. The van der Waals surface area contributed by atoms with Crippen LogP contribution in [0.5, 0.6) is 0 Å². The van der Waals surface area contributed by atoms with Crippen LogP contribution in [-0.2, 0) is 0 Å². The summed E-state index contributed by atoms with van der Waals surface area (Å²) in [5.74, 6) is 0. The smallest absolute Gasteiger partial charge is 0.298 e. The standard InChI is InChI=1S/C5H10F3N.C2H6/c1-3-9(2)4-5(6,7)8;1-2/h3-4H2,1-2H3;1-2H3. The molecular formula is C7H16F3N. The Hall–Kier alpha value is -0.250. The zero-order valence-electron chi connectivity index (χ0n) is 7.50. The van der Waals surface area contributed by atoms with Crippen molar-refractivity contribution in [1.29, 1.82) is 0 Å². The minimum absolute atomic E-state index is 0.430. The average molecular weight is 171 g/mol. The number of alkyl halides is 3. The lowest BCUT2D eigenvalue weighted by Gasteiger charge is -2.15. The van der Waals surface area contributed by atoms with E-state index in [1.54, 1.807) is 6.92 Å². The summed E-state index contributed by atoms with van der Waals surface area (Å²) in [6.07, 6.45) is -4.05. The molecule has 0 N–H and O–H groups in total. The molecule has 0 aromatic carbocycles. The van der Waals surface area contributed by atoms with Gasteiger partial charge in [-0.05, 0) is 13.6 Å². The predicted molar refractivity (Wildman–Crippen MR) is 40.6 cm³/mol. The molecule has 0 aliphatic heterocycles. The first kappa shape index (κ1) is 13.3. The SMILES string of the molecule is CC.CCN(C)CC(F)(F)F. The largest absolute Gasteiger partial charge is 0.401 e. The van der Waals surface area contributed by atoms with E-state index in [4.69, 9.17) is 0 Å². The van der Waals surface area contributed by atoms with Gasteiger partial charge in [-0.1, -0.05) is 20.8 Å². The van der Waals surface area contributed by atoms with Crippen LogP contribution in [-0.4, -0.2) is 31.2 Å². The summed E-state index contributed by atoms with van der Waals surface area (Å²) in [6, 6.07) is 0. The monoisotopic (exact) mass is 171 g/mol. The molecule has 0 aliphatic rings. The molecule has 0 unspecified atom stereocenters. The van der Waals surface area contributed by atoms with Gasteiger partial charge in [0.1, 0.15) is 0 Å². The highest BCUT2D eigenvalue weighted by Gasteiger charge is 2.28. The van der Waals surface area contributed by atoms with Crippen molar-refractivity contribution in [2.45, 2.75) is 26.9 Å². The second-order valence-electron chi connectivity index (χ2n) is 1.95. The molecule has 0 saturated heterocycles. The van der Waals surface area contributed by atoms with Crippen LogP contribution in [0.1, 0.15) is 20.8 Å². The molecule has 0 rings (SSSR count). The van der Waals surface area contributed by atoms with Gasteiger partial charge in [0.05, 0.1) is 6.54 Å². The van der Waals surface area contributed by atoms with Crippen molar-refractivity contribution in [3.8, 4) is 0 Å². The highest BCUT2D eigenvalue weighted by atomic mass is 19.4. The molecular weight excluding hydrogens is 155 g/mol. The van der Waals surface area contributed by atoms with Crippen molar-refractivity contribution in [3.63, 3.8) is 0 Å². The molecule has 0 aliphatic carbocycles. The number of hydrogen-bond donors (Lipinski definition) is 0. The van der Waals surface area contributed by atoms with Gasteiger partial charge >= 0.3 is 6.18 Å². The molecule has 0 heterocycles. The summed E-state index contributed by atoms with van der Waals surface area (Å²) in [7, 11) is 1.44. The van der Waals surface area contributed by atoms with E-state index in [0.717, 1.165) is 0 Å². The van der Waals surface area contributed by atoms with Crippen LogP contribution in [0.3, 0.4) is 0 Å². The minimum Gasteiger partial charge on any atom is -0.298 e. The summed E-state index contributed by atoms with van der Waals surface area (Å²) in [5.41, 5.74) is 0. The first-order chi connectivity index (χ1) is 4.95. The van der Waals surface area contributed by atoms with Crippen LogP contribution in [0, 0.1) is 0 Å². The van der Waals surface area contributed by atoms with Gasteiger partial charge < -0.3 is 0 Å². The highest BCUT2D eigenvalue weighted by molar-refractivity contribution is 4.55. The first-order valence-corrected chi connectivity index (χ1v) is 3.71. The fraction of sp³-hybridized carbons (Fsp3) is 1.00. The molecule has 70 valence electrons. The Morgan fingerprint density at radius 2 is 1.55 bits per heavy atom. The van der Waals surface area contributed by atoms with Gasteiger partial charge in [-0.3, -0.25) is 4.90 Å². The topological polar surface area (TPSA) is 3.24 Å². The molecule has 0 bridgehead atoms. The van der Waals surface area contributed by atoms with Gasteiger partial charge in [0.25, 0.3) is 0 Å². The lowest BCUT2D eigenvalue weighted by Crippen LogP contribution is -2.30. The third-order valence-corrected chi connectivity index (χ3v) is 0.989. The number of halogens is 3. The van der Waals surface area contributed by atoms with Gasteiger partial charge in [-0.25, -0.2) is 0 Å². The van der Waals surface area contributed by atoms with Crippen molar-refractivity contribution in [2.24, 2.45) is 0 Å². The third-order valence-electron chi connectivity index (χ3n) is 0.989. The molecule has 0 amide bonds. The van der Waals surface area contributed by atoms with Crippen LogP contribution in [0.15, 0.2) is 0 Å². The number of hydrogen-bond acceptors (Lipinski definition) is 1. The van der Waals surface area contributed by atoms with Crippen molar-refractivity contribution < 1.29 is 13.2 Å². The highest BCUT2D eigenvalue weighted by Crippen LogP contribution is 2.14. The summed E-state index contributed by atoms with van der Waals surface area (Å²) in [4.78, 5) is 1.21. The molecule has 0 atom stereocenters. The van der Waals surface area contributed by atoms with Crippen LogP contribution in [0.25, 0.3) is 0 Å². The molecule has 4 heteroatoms. The van der Waals surface area contributed by atoms with Crippen molar-refractivity contribution in [2.75, 3.05) is 20.1 Å². The molecule has 0 aromatic rings. The Morgan fingerprint density at radius 3 is 1.64 bits per heavy atom. The van der Waals surface area contributed by atoms with Crippen molar-refractivity contribution >= 4 is 0 Å². The van der Waals surface area contributed by atoms with Crippen molar-refractivity contribution in [1.82, 2.24) is 4.90 Å². The van der Waals surface area contributed by atoms with Gasteiger partial charge in [0, 0.05) is 0 Å². The van der Waals surface area contributed by atoms with E-state index in [9.17, 15) is 13.2 Å². The van der Waals surface area contributed by atoms with E-state index in [1.165, 1.54) is 11.9 Å². The van der Waals surface area contributed by atoms with Gasteiger partial charge in [-0.2, -0.15) is 13.2 Å². The summed E-state index contributed by atoms with van der Waals surface area (Å²) in [6.45, 7) is 5.30. The lowest BCUT2D eigenvalue weighted by atomic mass is 10.5. The van der Waals surface area contributed by atoms with E-state index in [0.29, 0.717) is 6.54 Å². The Balaban J connectivity index is 0. The molecule has 0 fully saturated rings. The maximum atomic E-state index is 11.5. The van der Waals surface area contributed by atoms with Gasteiger partial charge in [0.2, 0.25) is 0 Å². The molecule has 0 radical (unpaired) electrons. The fourth-order valence-electron chi connectivity index (χ4n) is 0.418. The predicted octanol–water partition coefficient (Wildman–Crippen LogP) is 2.53. The zero-order chi connectivity index (χ0) is 9.49. The minimum atomic E-state index is -4.05. The van der Waals surface area contributed by atoms with Crippen molar-refractivity contribution in [3.05, 3.63) is 0 Å². The molecule has 0 spiro atoms. The van der Waals surface area contributed by atoms with E-state index < -0.39 is 12.7 Å². The quantitative estimate of drug-likeness (QED) is 0.617. The Morgan fingerprint density at radius 1 is 1.18 bits per heavy atom. The van der Waals surface area contributed by atoms with Crippen LogP contribution in [0.2, 0.25) is 0 Å². The summed E-state index contributed by atoms with van der Waals surface area (Å²) >= 11 is 0. The normalized spacial score (nSPS) is 10.9. The Labute approximate surface area is 66.2 Å². The van der Waals surface area contributed by atoms with Crippen LogP contribution >= 0.6 is 0 Å². The molecule has 1 nitrogen and oxygen atoms in total. The van der Waals surface area contributed by atoms with Gasteiger partial charge in [0.15, 0.2) is 0 Å². The first-order valence-electron chi connectivity index (χ1n) is 3.71. The molecule has 11 heavy (non-hydrogen) atoms. The van der Waals surface area contributed by atoms with Crippen LogP contribution < -0.4 is 0 Å². The Bertz CT molecular complexity index is 80.2. The van der Waals surface area contributed by atoms with Gasteiger partial charge in [-0.15, -0.1) is 0 Å². The van der Waals surface area contributed by atoms with E-state index in [1.807, 2.05) is 13.8 Å². The molecule has 0 aromatic heterocycles. The van der Waals surface area contributed by atoms with E-state index in [-0.39, 0.29) is 0 Å². The third kappa shape index (κ3) is 12.9. The maximum Gasteiger partial charge on any atom is 0.401 e. The second kappa shape index (κ2) is 6.46. The van der Waals surface area contributed by atoms with E-state index >= 15 is 0 Å². The molecule has 0 saturated carbocycles. The summed E-state index contributed by atoms with van der Waals surface area (Å²) < 4.78 is 34.4. The number of rotatable bonds is 2.